The Morgan fingerprint density at radius 1 is 1.12 bits per heavy atom. The molecule has 0 aliphatic rings. The number of ether oxygens (including phenoxy) is 1. The van der Waals surface area contributed by atoms with Gasteiger partial charge in [-0.25, -0.2) is 8.42 Å². The van der Waals surface area contributed by atoms with Gasteiger partial charge in [-0.1, -0.05) is 19.1 Å². The van der Waals surface area contributed by atoms with E-state index in [0.717, 1.165) is 9.87 Å². The number of nitrogens with zero attached hydrogens (tertiary/aromatic N) is 1. The topological polar surface area (TPSA) is 75.7 Å². The van der Waals surface area contributed by atoms with Crippen molar-refractivity contribution < 1.29 is 17.9 Å². The maximum Gasteiger partial charge on any atom is 0.243 e. The number of anilines is 1. The Bertz CT molecular complexity index is 848. The number of benzene rings is 2. The highest BCUT2D eigenvalue weighted by Crippen LogP contribution is 2.20. The van der Waals surface area contributed by atoms with E-state index in [1.165, 1.54) is 12.1 Å². The lowest BCUT2D eigenvalue weighted by molar-refractivity contribution is -0.116. The fraction of sp³-hybridized carbons (Fsp3) is 0.316. The molecular weight excluding hydrogens is 352 g/mol. The molecule has 0 spiro atoms. The van der Waals surface area contributed by atoms with Crippen molar-refractivity contribution in [1.82, 2.24) is 4.31 Å². The molecule has 0 aliphatic carbocycles. The average molecular weight is 376 g/mol. The normalized spacial score (nSPS) is 11.4. The second-order valence-electron chi connectivity index (χ2n) is 5.75. The van der Waals surface area contributed by atoms with E-state index in [1.54, 1.807) is 25.1 Å². The molecule has 1 N–H and O–H groups in total. The van der Waals surface area contributed by atoms with Crippen LogP contribution in [0.25, 0.3) is 0 Å². The standard InChI is InChI=1S/C19H24N2O4S/c1-4-21(14-19(22)20-16-8-6-7-15(3)13-16)26(23,24)18-11-9-17(10-12-18)25-5-2/h6-13H,4-5,14H2,1-3H3,(H,20,22). The van der Waals surface area contributed by atoms with Crippen LogP contribution in [0.15, 0.2) is 53.4 Å². The summed E-state index contributed by atoms with van der Waals surface area (Å²) in [5.74, 6) is 0.221. The zero-order valence-corrected chi connectivity index (χ0v) is 16.0. The zero-order chi connectivity index (χ0) is 19.2. The molecule has 2 aromatic rings. The van der Waals surface area contributed by atoms with Crippen LogP contribution in [0, 0.1) is 6.92 Å². The van der Waals surface area contributed by atoms with E-state index in [4.69, 9.17) is 4.74 Å². The van der Waals surface area contributed by atoms with Crippen LogP contribution in [-0.2, 0) is 14.8 Å². The van der Waals surface area contributed by atoms with Gasteiger partial charge in [0.05, 0.1) is 18.0 Å². The molecule has 140 valence electrons. The molecule has 0 aliphatic heterocycles. The maximum absolute atomic E-state index is 12.8. The van der Waals surface area contributed by atoms with Crippen molar-refractivity contribution in [2.24, 2.45) is 0 Å². The molecule has 0 fully saturated rings. The molecule has 26 heavy (non-hydrogen) atoms. The predicted molar refractivity (Wildman–Crippen MR) is 102 cm³/mol. The highest BCUT2D eigenvalue weighted by Gasteiger charge is 2.25. The van der Waals surface area contributed by atoms with Crippen LogP contribution in [0.2, 0.25) is 0 Å². The number of aryl methyl sites for hydroxylation is 1. The van der Waals surface area contributed by atoms with Crippen LogP contribution in [0.1, 0.15) is 19.4 Å². The Morgan fingerprint density at radius 3 is 2.38 bits per heavy atom. The minimum atomic E-state index is -3.76. The summed E-state index contributed by atoms with van der Waals surface area (Å²) in [5, 5.41) is 2.73. The lowest BCUT2D eigenvalue weighted by Gasteiger charge is -2.20. The van der Waals surface area contributed by atoms with Gasteiger partial charge in [-0.05, 0) is 55.8 Å². The number of likely N-dealkylation sites (N-methyl/N-ethyl adjacent to an activating group) is 1. The van der Waals surface area contributed by atoms with Crippen molar-refractivity contribution in [3.63, 3.8) is 0 Å². The predicted octanol–water partition coefficient (Wildman–Crippen LogP) is 3.04. The monoisotopic (exact) mass is 376 g/mol. The molecule has 0 saturated carbocycles. The van der Waals surface area contributed by atoms with Crippen LogP contribution >= 0.6 is 0 Å². The molecular formula is C19H24N2O4S. The van der Waals surface area contributed by atoms with Crippen molar-refractivity contribution in [3.8, 4) is 5.75 Å². The minimum Gasteiger partial charge on any atom is -0.494 e. The largest absolute Gasteiger partial charge is 0.494 e. The molecule has 7 heteroatoms. The highest BCUT2D eigenvalue weighted by molar-refractivity contribution is 7.89. The second-order valence-corrected chi connectivity index (χ2v) is 7.69. The zero-order valence-electron chi connectivity index (χ0n) is 15.2. The third-order valence-corrected chi connectivity index (χ3v) is 5.68. The van der Waals surface area contributed by atoms with E-state index < -0.39 is 10.0 Å². The quantitative estimate of drug-likeness (QED) is 0.768. The molecule has 0 aromatic heterocycles. The van der Waals surface area contributed by atoms with Gasteiger partial charge in [0.1, 0.15) is 5.75 Å². The number of carbonyl (C=O) groups excluding carboxylic acids is 1. The van der Waals surface area contributed by atoms with Gasteiger partial charge in [-0.15, -0.1) is 0 Å². The summed E-state index contributed by atoms with van der Waals surface area (Å²) in [4.78, 5) is 12.4. The summed E-state index contributed by atoms with van der Waals surface area (Å²) in [7, 11) is -3.76. The molecule has 0 atom stereocenters. The van der Waals surface area contributed by atoms with Gasteiger partial charge in [0.15, 0.2) is 0 Å². The smallest absolute Gasteiger partial charge is 0.243 e. The summed E-state index contributed by atoms with van der Waals surface area (Å²) in [6.07, 6.45) is 0. The molecule has 6 nitrogen and oxygen atoms in total. The fourth-order valence-electron chi connectivity index (χ4n) is 2.47. The number of amides is 1. The first-order valence-corrected chi connectivity index (χ1v) is 9.90. The van der Waals surface area contributed by atoms with Gasteiger partial charge < -0.3 is 10.1 Å². The van der Waals surface area contributed by atoms with Crippen LogP contribution in [0.3, 0.4) is 0 Å². The number of hydrogen-bond acceptors (Lipinski definition) is 4. The number of sulfonamides is 1. The Labute approximate surface area is 154 Å². The molecule has 1 amide bonds. The first kappa shape index (κ1) is 19.9. The Kier molecular flexibility index (Phi) is 6.76. The van der Waals surface area contributed by atoms with Crippen LogP contribution < -0.4 is 10.1 Å². The number of nitrogens with one attached hydrogen (secondary N) is 1. The molecule has 2 rings (SSSR count). The lowest BCUT2D eigenvalue weighted by atomic mass is 10.2. The first-order valence-electron chi connectivity index (χ1n) is 8.46. The molecule has 0 saturated heterocycles. The number of carbonyl (C=O) groups is 1. The number of rotatable bonds is 8. The second kappa shape index (κ2) is 8.82. The average Bonchev–Trinajstić information content (AvgIpc) is 2.60. The van der Waals surface area contributed by atoms with Crippen molar-refractivity contribution >= 4 is 21.6 Å². The maximum atomic E-state index is 12.8. The molecule has 0 heterocycles. The molecule has 2 aromatic carbocycles. The molecule has 0 bridgehead atoms. The van der Waals surface area contributed by atoms with Crippen LogP contribution in [-0.4, -0.2) is 38.3 Å². The first-order chi connectivity index (χ1) is 12.4. The van der Waals surface area contributed by atoms with Crippen molar-refractivity contribution in [2.75, 3.05) is 25.0 Å². The summed E-state index contributed by atoms with van der Waals surface area (Å²) in [6, 6.07) is 13.5. The van der Waals surface area contributed by atoms with E-state index in [2.05, 4.69) is 5.32 Å². The van der Waals surface area contributed by atoms with E-state index in [9.17, 15) is 13.2 Å². The fourth-order valence-corrected chi connectivity index (χ4v) is 3.88. The third-order valence-electron chi connectivity index (χ3n) is 3.75. The molecule has 0 radical (unpaired) electrons. The van der Waals surface area contributed by atoms with Gasteiger partial charge in [0, 0.05) is 12.2 Å². The van der Waals surface area contributed by atoms with Gasteiger partial charge in [-0.3, -0.25) is 4.79 Å². The summed E-state index contributed by atoms with van der Waals surface area (Å²) in [6.45, 7) is 5.93. The van der Waals surface area contributed by atoms with Crippen molar-refractivity contribution in [2.45, 2.75) is 25.7 Å². The van der Waals surface area contributed by atoms with Crippen LogP contribution in [0.4, 0.5) is 5.69 Å². The highest BCUT2D eigenvalue weighted by atomic mass is 32.2. The third kappa shape index (κ3) is 5.06. The van der Waals surface area contributed by atoms with E-state index in [0.29, 0.717) is 18.0 Å². The summed E-state index contributed by atoms with van der Waals surface area (Å²) < 4.78 is 32.0. The van der Waals surface area contributed by atoms with E-state index in [1.807, 2.05) is 32.0 Å². The van der Waals surface area contributed by atoms with E-state index >= 15 is 0 Å². The number of hydrogen-bond donors (Lipinski definition) is 1. The lowest BCUT2D eigenvalue weighted by Crippen LogP contribution is -2.37. The van der Waals surface area contributed by atoms with Gasteiger partial charge in [-0.2, -0.15) is 4.31 Å². The van der Waals surface area contributed by atoms with Crippen molar-refractivity contribution in [1.29, 1.82) is 0 Å². The van der Waals surface area contributed by atoms with Gasteiger partial charge in [0.2, 0.25) is 15.9 Å². The van der Waals surface area contributed by atoms with Gasteiger partial charge in [0.25, 0.3) is 0 Å². The van der Waals surface area contributed by atoms with E-state index in [-0.39, 0.29) is 23.9 Å². The van der Waals surface area contributed by atoms with Gasteiger partial charge >= 0.3 is 0 Å². The summed E-state index contributed by atoms with van der Waals surface area (Å²) in [5.41, 5.74) is 1.65. The SMILES string of the molecule is CCOc1ccc(S(=O)(=O)N(CC)CC(=O)Nc2cccc(C)c2)cc1. The Morgan fingerprint density at radius 2 is 1.81 bits per heavy atom. The summed E-state index contributed by atoms with van der Waals surface area (Å²) >= 11 is 0. The Balaban J connectivity index is 2.11. The Hall–Kier alpha value is -2.38. The van der Waals surface area contributed by atoms with Crippen LogP contribution in [0.5, 0.6) is 5.75 Å². The van der Waals surface area contributed by atoms with Crippen molar-refractivity contribution in [3.05, 3.63) is 54.1 Å². The molecule has 0 unspecified atom stereocenters. The minimum absolute atomic E-state index is 0.131.